The van der Waals surface area contributed by atoms with E-state index in [-0.39, 0.29) is 30.1 Å². The molecule has 1 fully saturated rings. The fraction of sp³-hybridized carbons (Fsp3) is 0.320. The number of benzene rings is 2. The molecule has 0 radical (unpaired) electrons. The molecular formula is C25H24F3N5O2. The van der Waals surface area contributed by atoms with E-state index < -0.39 is 23.4 Å². The maximum atomic E-state index is 13.5. The van der Waals surface area contributed by atoms with Crippen LogP contribution >= 0.6 is 0 Å². The molecule has 7 nitrogen and oxygen atoms in total. The number of hydrogen-bond acceptors (Lipinski definition) is 4. The number of amides is 2. The van der Waals surface area contributed by atoms with E-state index >= 15 is 0 Å². The highest BCUT2D eigenvalue weighted by molar-refractivity contribution is 5.97. The minimum Gasteiger partial charge on any atom is -0.325 e. The summed E-state index contributed by atoms with van der Waals surface area (Å²) in [5.41, 5.74) is 2.52. The van der Waals surface area contributed by atoms with Crippen LogP contribution in [-0.4, -0.2) is 45.6 Å². The number of anilines is 2. The molecule has 0 saturated carbocycles. The number of carbonyl (C=O) groups is 2. The lowest BCUT2D eigenvalue weighted by molar-refractivity contribution is -0.118. The SMILES string of the molecule is C[C@H]1Cn2ncc(N3CC(c4ccccc4)CC3=O)c2CN1CC(=O)Nc1cc(F)c(F)c(F)c1. The Labute approximate surface area is 200 Å². The third-order valence-electron chi connectivity index (χ3n) is 6.64. The van der Waals surface area contributed by atoms with Crippen molar-refractivity contribution < 1.29 is 22.8 Å². The Morgan fingerprint density at radius 2 is 1.83 bits per heavy atom. The van der Waals surface area contributed by atoms with Gasteiger partial charge in [-0.05, 0) is 12.5 Å². The third kappa shape index (κ3) is 4.53. The first-order chi connectivity index (χ1) is 16.8. The molecule has 0 aliphatic carbocycles. The number of nitrogens with zero attached hydrogens (tertiary/aromatic N) is 4. The topological polar surface area (TPSA) is 70.5 Å². The summed E-state index contributed by atoms with van der Waals surface area (Å²) in [6, 6.07) is 11.4. The number of carbonyl (C=O) groups excluding carboxylic acids is 2. The van der Waals surface area contributed by atoms with E-state index in [1.54, 1.807) is 11.1 Å². The second-order valence-corrected chi connectivity index (χ2v) is 9.03. The summed E-state index contributed by atoms with van der Waals surface area (Å²) in [7, 11) is 0. The Balaban J connectivity index is 1.30. The van der Waals surface area contributed by atoms with Crippen LogP contribution in [0.2, 0.25) is 0 Å². The highest BCUT2D eigenvalue weighted by Crippen LogP contribution is 2.35. The minimum absolute atomic E-state index is 0.0259. The fourth-order valence-corrected chi connectivity index (χ4v) is 4.77. The zero-order valence-electron chi connectivity index (χ0n) is 19.0. The lowest BCUT2D eigenvalue weighted by atomic mass is 9.98. The van der Waals surface area contributed by atoms with Gasteiger partial charge in [-0.2, -0.15) is 5.10 Å². The first kappa shape index (κ1) is 23.1. The van der Waals surface area contributed by atoms with Crippen LogP contribution in [0.1, 0.15) is 30.5 Å². The quantitative estimate of drug-likeness (QED) is 0.563. The molecule has 10 heteroatoms. The summed E-state index contributed by atoms with van der Waals surface area (Å²) in [5.74, 6) is -4.69. The van der Waals surface area contributed by atoms with Gasteiger partial charge < -0.3 is 10.2 Å². The normalized spacial score (nSPS) is 20.2. The molecule has 1 aromatic heterocycles. The van der Waals surface area contributed by atoms with Crippen molar-refractivity contribution in [2.24, 2.45) is 0 Å². The molecule has 0 bridgehead atoms. The molecule has 1 N–H and O–H groups in total. The molecule has 182 valence electrons. The van der Waals surface area contributed by atoms with Gasteiger partial charge in [-0.15, -0.1) is 0 Å². The van der Waals surface area contributed by atoms with Crippen molar-refractivity contribution >= 4 is 23.2 Å². The first-order valence-corrected chi connectivity index (χ1v) is 11.4. The Kier molecular flexibility index (Phi) is 6.06. The molecule has 2 aromatic carbocycles. The zero-order valence-corrected chi connectivity index (χ0v) is 19.0. The predicted molar refractivity (Wildman–Crippen MR) is 123 cm³/mol. The van der Waals surface area contributed by atoms with Crippen LogP contribution in [0.15, 0.2) is 48.7 Å². The summed E-state index contributed by atoms with van der Waals surface area (Å²) in [6.45, 7) is 3.34. The van der Waals surface area contributed by atoms with E-state index in [0.29, 0.717) is 26.1 Å². The summed E-state index contributed by atoms with van der Waals surface area (Å²) < 4.78 is 42.0. The standard InChI is InChI=1S/C25H24F3N5O2/c1-15-11-33-22(13-31(15)14-23(34)30-18-8-19(26)25(28)20(27)9-18)21(10-29-33)32-12-17(7-24(32)35)16-5-3-2-4-6-16/h2-6,8-10,15,17H,7,11-14H2,1H3,(H,30,34)/t15-,17?/m0/s1. The van der Waals surface area contributed by atoms with Crippen molar-refractivity contribution in [2.75, 3.05) is 23.3 Å². The van der Waals surface area contributed by atoms with Crippen LogP contribution in [0.5, 0.6) is 0 Å². The molecule has 0 spiro atoms. The molecule has 5 rings (SSSR count). The van der Waals surface area contributed by atoms with Gasteiger partial charge in [0.25, 0.3) is 0 Å². The van der Waals surface area contributed by atoms with Gasteiger partial charge in [0, 0.05) is 49.3 Å². The zero-order chi connectivity index (χ0) is 24.7. The van der Waals surface area contributed by atoms with Crippen LogP contribution < -0.4 is 10.2 Å². The van der Waals surface area contributed by atoms with Crippen molar-refractivity contribution in [3.63, 3.8) is 0 Å². The van der Waals surface area contributed by atoms with Gasteiger partial charge in [0.05, 0.1) is 30.7 Å². The third-order valence-corrected chi connectivity index (χ3v) is 6.64. The van der Waals surface area contributed by atoms with E-state index in [2.05, 4.69) is 10.4 Å². The second kappa shape index (κ2) is 9.18. The average Bonchev–Trinajstić information content (AvgIpc) is 3.41. The number of aromatic nitrogens is 2. The molecule has 35 heavy (non-hydrogen) atoms. The Morgan fingerprint density at radius 1 is 1.11 bits per heavy atom. The van der Waals surface area contributed by atoms with Gasteiger partial charge in [0.2, 0.25) is 11.8 Å². The van der Waals surface area contributed by atoms with Gasteiger partial charge in [-0.3, -0.25) is 19.2 Å². The molecule has 1 unspecified atom stereocenters. The van der Waals surface area contributed by atoms with E-state index in [9.17, 15) is 22.8 Å². The van der Waals surface area contributed by atoms with Gasteiger partial charge in [-0.1, -0.05) is 30.3 Å². The van der Waals surface area contributed by atoms with E-state index in [1.807, 2.05) is 46.8 Å². The molecule has 2 amide bonds. The average molecular weight is 483 g/mol. The Hall–Kier alpha value is -3.66. The summed E-state index contributed by atoms with van der Waals surface area (Å²) in [6.07, 6.45) is 2.11. The molecule has 3 heterocycles. The molecule has 2 aliphatic heterocycles. The maximum absolute atomic E-state index is 13.5. The van der Waals surface area contributed by atoms with E-state index in [1.165, 1.54) is 0 Å². The lowest BCUT2D eigenvalue weighted by Crippen LogP contribution is -2.45. The fourth-order valence-electron chi connectivity index (χ4n) is 4.77. The van der Waals surface area contributed by atoms with Crippen LogP contribution in [0.4, 0.5) is 24.5 Å². The molecule has 2 atom stereocenters. The van der Waals surface area contributed by atoms with Gasteiger partial charge in [0.15, 0.2) is 17.5 Å². The van der Waals surface area contributed by atoms with Gasteiger partial charge >= 0.3 is 0 Å². The summed E-state index contributed by atoms with van der Waals surface area (Å²) in [5, 5.41) is 6.89. The van der Waals surface area contributed by atoms with E-state index in [4.69, 9.17) is 0 Å². The summed E-state index contributed by atoms with van der Waals surface area (Å²) in [4.78, 5) is 29.1. The smallest absolute Gasteiger partial charge is 0.238 e. The van der Waals surface area contributed by atoms with E-state index in [0.717, 1.165) is 29.1 Å². The first-order valence-electron chi connectivity index (χ1n) is 11.4. The second-order valence-electron chi connectivity index (χ2n) is 9.03. The molecule has 1 saturated heterocycles. The largest absolute Gasteiger partial charge is 0.325 e. The highest BCUT2D eigenvalue weighted by Gasteiger charge is 2.36. The number of halogens is 3. The maximum Gasteiger partial charge on any atom is 0.238 e. The number of hydrogen-bond donors (Lipinski definition) is 1. The van der Waals surface area contributed by atoms with Gasteiger partial charge in [-0.25, -0.2) is 13.2 Å². The van der Waals surface area contributed by atoms with Crippen molar-refractivity contribution in [3.05, 3.63) is 77.4 Å². The number of fused-ring (bicyclic) bond motifs is 1. The molecular weight excluding hydrogens is 459 g/mol. The Bertz CT molecular complexity index is 1260. The lowest BCUT2D eigenvalue weighted by Gasteiger charge is -2.34. The van der Waals surface area contributed by atoms with Crippen molar-refractivity contribution in [1.29, 1.82) is 0 Å². The highest BCUT2D eigenvalue weighted by atomic mass is 19.2. The van der Waals surface area contributed by atoms with Crippen LogP contribution in [0.3, 0.4) is 0 Å². The molecule has 3 aromatic rings. The number of nitrogens with one attached hydrogen (secondary N) is 1. The monoisotopic (exact) mass is 483 g/mol. The Morgan fingerprint density at radius 3 is 2.54 bits per heavy atom. The summed E-state index contributed by atoms with van der Waals surface area (Å²) >= 11 is 0. The number of rotatable bonds is 5. The minimum atomic E-state index is -1.58. The predicted octanol–water partition coefficient (Wildman–Crippen LogP) is 3.66. The van der Waals surface area contributed by atoms with Gasteiger partial charge in [0.1, 0.15) is 0 Å². The van der Waals surface area contributed by atoms with Crippen LogP contribution in [0, 0.1) is 17.5 Å². The van der Waals surface area contributed by atoms with Crippen molar-refractivity contribution in [2.45, 2.75) is 38.4 Å². The van der Waals surface area contributed by atoms with Crippen LogP contribution in [-0.2, 0) is 22.7 Å². The van der Waals surface area contributed by atoms with Crippen molar-refractivity contribution in [3.8, 4) is 0 Å². The van der Waals surface area contributed by atoms with Crippen LogP contribution in [0.25, 0.3) is 0 Å². The molecule has 2 aliphatic rings. The van der Waals surface area contributed by atoms with Crippen molar-refractivity contribution in [1.82, 2.24) is 14.7 Å².